The molecule has 0 saturated carbocycles. The van der Waals surface area contributed by atoms with Crippen molar-refractivity contribution in [2.45, 2.75) is 59.4 Å². The SMILES string of the molecule is CCCCOCCCNC(=NCc1ccc(NC(=O)CCC)cc1)NCC.I. The molecule has 0 bridgehead atoms. The van der Waals surface area contributed by atoms with E-state index in [2.05, 4.69) is 34.8 Å². The Kier molecular flexibility index (Phi) is 16.9. The van der Waals surface area contributed by atoms with E-state index >= 15 is 0 Å². The molecule has 160 valence electrons. The molecule has 1 amide bonds. The van der Waals surface area contributed by atoms with Crippen molar-refractivity contribution in [3.63, 3.8) is 0 Å². The third-order valence-corrected chi connectivity index (χ3v) is 3.88. The number of amides is 1. The standard InChI is InChI=1S/C21H36N4O2.HI/c1-4-7-15-27-16-8-14-23-21(22-6-3)24-17-18-10-12-19(13-11-18)25-20(26)9-5-2;/h10-13H,4-9,14-17H2,1-3H3,(H,25,26)(H2,22,23,24);1H. The first kappa shape index (κ1) is 26.6. The number of guanidine groups is 1. The van der Waals surface area contributed by atoms with Crippen molar-refractivity contribution in [1.82, 2.24) is 10.6 Å². The number of aliphatic imine (C=N–C) groups is 1. The van der Waals surface area contributed by atoms with E-state index in [1.54, 1.807) is 0 Å². The van der Waals surface area contributed by atoms with E-state index in [0.717, 1.165) is 62.8 Å². The molecule has 0 radical (unpaired) electrons. The van der Waals surface area contributed by atoms with Gasteiger partial charge in [0.1, 0.15) is 0 Å². The highest BCUT2D eigenvalue weighted by molar-refractivity contribution is 14.0. The first-order valence-corrected chi connectivity index (χ1v) is 10.2. The first-order valence-electron chi connectivity index (χ1n) is 10.2. The molecule has 0 atom stereocenters. The van der Waals surface area contributed by atoms with Gasteiger partial charge in [-0.3, -0.25) is 4.79 Å². The van der Waals surface area contributed by atoms with Crippen molar-refractivity contribution >= 4 is 41.5 Å². The second-order valence-corrected chi connectivity index (χ2v) is 6.44. The molecule has 0 aromatic heterocycles. The van der Waals surface area contributed by atoms with Crippen LogP contribution in [0.4, 0.5) is 5.69 Å². The van der Waals surface area contributed by atoms with Gasteiger partial charge in [0.25, 0.3) is 0 Å². The van der Waals surface area contributed by atoms with Gasteiger partial charge in [0.15, 0.2) is 5.96 Å². The van der Waals surface area contributed by atoms with Gasteiger partial charge in [-0.05, 0) is 43.9 Å². The monoisotopic (exact) mass is 504 g/mol. The number of halogens is 1. The zero-order chi connectivity index (χ0) is 19.7. The summed E-state index contributed by atoms with van der Waals surface area (Å²) in [5.74, 6) is 0.868. The molecule has 0 spiro atoms. The van der Waals surface area contributed by atoms with Crippen LogP contribution in [-0.2, 0) is 16.1 Å². The molecule has 0 saturated heterocycles. The molecule has 3 N–H and O–H groups in total. The molecule has 0 unspecified atom stereocenters. The predicted molar refractivity (Wildman–Crippen MR) is 129 cm³/mol. The Bertz CT molecular complexity index is 550. The molecular weight excluding hydrogens is 467 g/mol. The maximum atomic E-state index is 11.6. The quantitative estimate of drug-likeness (QED) is 0.162. The van der Waals surface area contributed by atoms with Crippen LogP contribution in [0.25, 0.3) is 0 Å². The van der Waals surface area contributed by atoms with Gasteiger partial charge in [-0.1, -0.05) is 32.4 Å². The summed E-state index contributed by atoms with van der Waals surface area (Å²) in [5.41, 5.74) is 1.93. The largest absolute Gasteiger partial charge is 0.381 e. The number of carbonyl (C=O) groups excluding carboxylic acids is 1. The summed E-state index contributed by atoms with van der Waals surface area (Å²) in [4.78, 5) is 16.2. The molecule has 0 aliphatic rings. The van der Waals surface area contributed by atoms with E-state index in [4.69, 9.17) is 4.74 Å². The van der Waals surface area contributed by atoms with Crippen molar-refractivity contribution in [2.24, 2.45) is 4.99 Å². The molecular formula is C21H37IN4O2. The summed E-state index contributed by atoms with van der Waals surface area (Å²) in [6, 6.07) is 7.84. The van der Waals surface area contributed by atoms with Gasteiger partial charge in [0.2, 0.25) is 5.91 Å². The second-order valence-electron chi connectivity index (χ2n) is 6.44. The summed E-state index contributed by atoms with van der Waals surface area (Å²) < 4.78 is 5.57. The van der Waals surface area contributed by atoms with Crippen LogP contribution in [0.5, 0.6) is 0 Å². The number of benzene rings is 1. The number of hydrogen-bond donors (Lipinski definition) is 3. The van der Waals surface area contributed by atoms with E-state index < -0.39 is 0 Å². The van der Waals surface area contributed by atoms with Gasteiger partial charge in [-0.15, -0.1) is 24.0 Å². The fourth-order valence-corrected chi connectivity index (χ4v) is 2.39. The lowest BCUT2D eigenvalue weighted by Crippen LogP contribution is -2.38. The minimum absolute atomic E-state index is 0. The highest BCUT2D eigenvalue weighted by Gasteiger charge is 2.01. The summed E-state index contributed by atoms with van der Waals surface area (Å²) in [5, 5.41) is 9.49. The van der Waals surface area contributed by atoms with Crippen molar-refractivity contribution < 1.29 is 9.53 Å². The molecule has 6 nitrogen and oxygen atoms in total. The van der Waals surface area contributed by atoms with Crippen LogP contribution in [0.3, 0.4) is 0 Å². The molecule has 1 aromatic rings. The number of carbonyl (C=O) groups is 1. The van der Waals surface area contributed by atoms with E-state index in [-0.39, 0.29) is 29.9 Å². The summed E-state index contributed by atoms with van der Waals surface area (Å²) in [7, 11) is 0. The van der Waals surface area contributed by atoms with Crippen LogP contribution in [0.1, 0.15) is 58.4 Å². The molecule has 0 heterocycles. The molecule has 7 heteroatoms. The Labute approximate surface area is 187 Å². The maximum Gasteiger partial charge on any atom is 0.224 e. The summed E-state index contributed by atoms with van der Waals surface area (Å²) in [6.45, 7) is 10.1. The zero-order valence-electron chi connectivity index (χ0n) is 17.6. The van der Waals surface area contributed by atoms with Gasteiger partial charge < -0.3 is 20.7 Å². The fraction of sp³-hybridized carbons (Fsp3) is 0.619. The third kappa shape index (κ3) is 12.9. The number of unbranched alkanes of at least 4 members (excludes halogenated alkanes) is 1. The molecule has 1 rings (SSSR count). The number of nitrogens with one attached hydrogen (secondary N) is 3. The van der Waals surface area contributed by atoms with Crippen LogP contribution >= 0.6 is 24.0 Å². The van der Waals surface area contributed by atoms with Crippen LogP contribution in [0.2, 0.25) is 0 Å². The Morgan fingerprint density at radius 1 is 1.00 bits per heavy atom. The highest BCUT2D eigenvalue weighted by Crippen LogP contribution is 2.11. The number of ether oxygens (including phenoxy) is 1. The van der Waals surface area contributed by atoms with E-state index in [0.29, 0.717) is 13.0 Å². The van der Waals surface area contributed by atoms with Crippen LogP contribution in [0, 0.1) is 0 Å². The molecule has 0 aliphatic carbocycles. The molecule has 0 aliphatic heterocycles. The molecule has 1 aromatic carbocycles. The number of anilines is 1. The van der Waals surface area contributed by atoms with Gasteiger partial charge in [0, 0.05) is 38.4 Å². The van der Waals surface area contributed by atoms with E-state index in [1.165, 1.54) is 6.42 Å². The maximum absolute atomic E-state index is 11.6. The number of nitrogens with zero attached hydrogens (tertiary/aromatic N) is 1. The number of rotatable bonds is 13. The van der Waals surface area contributed by atoms with Crippen LogP contribution < -0.4 is 16.0 Å². The van der Waals surface area contributed by atoms with Gasteiger partial charge in [-0.2, -0.15) is 0 Å². The lowest BCUT2D eigenvalue weighted by molar-refractivity contribution is -0.116. The lowest BCUT2D eigenvalue weighted by Gasteiger charge is -2.11. The Balaban J connectivity index is 0.00000729. The summed E-state index contributed by atoms with van der Waals surface area (Å²) in [6.07, 6.45) is 4.65. The van der Waals surface area contributed by atoms with E-state index in [9.17, 15) is 4.79 Å². The predicted octanol–water partition coefficient (Wildman–Crippen LogP) is 4.31. The van der Waals surface area contributed by atoms with Gasteiger partial charge in [-0.25, -0.2) is 4.99 Å². The van der Waals surface area contributed by atoms with Crippen LogP contribution in [0.15, 0.2) is 29.3 Å². The number of hydrogen-bond acceptors (Lipinski definition) is 3. The Morgan fingerprint density at radius 3 is 2.36 bits per heavy atom. The van der Waals surface area contributed by atoms with Crippen molar-refractivity contribution in [2.75, 3.05) is 31.6 Å². The summed E-state index contributed by atoms with van der Waals surface area (Å²) >= 11 is 0. The van der Waals surface area contributed by atoms with Gasteiger partial charge in [0.05, 0.1) is 6.54 Å². The van der Waals surface area contributed by atoms with Gasteiger partial charge >= 0.3 is 0 Å². The Morgan fingerprint density at radius 2 is 1.71 bits per heavy atom. The lowest BCUT2D eigenvalue weighted by atomic mass is 10.2. The zero-order valence-corrected chi connectivity index (χ0v) is 19.9. The fourth-order valence-electron chi connectivity index (χ4n) is 2.39. The minimum Gasteiger partial charge on any atom is -0.381 e. The Hall–Kier alpha value is -1.35. The first-order chi connectivity index (χ1) is 13.2. The normalized spacial score (nSPS) is 10.9. The highest BCUT2D eigenvalue weighted by atomic mass is 127. The molecule has 0 fully saturated rings. The second kappa shape index (κ2) is 17.7. The van der Waals surface area contributed by atoms with Crippen molar-refractivity contribution in [1.29, 1.82) is 0 Å². The van der Waals surface area contributed by atoms with Crippen molar-refractivity contribution in [3.8, 4) is 0 Å². The smallest absolute Gasteiger partial charge is 0.224 e. The van der Waals surface area contributed by atoms with Crippen molar-refractivity contribution in [3.05, 3.63) is 29.8 Å². The average Bonchev–Trinajstić information content (AvgIpc) is 2.66. The third-order valence-electron chi connectivity index (χ3n) is 3.88. The van der Waals surface area contributed by atoms with E-state index in [1.807, 2.05) is 31.2 Å². The topological polar surface area (TPSA) is 74.8 Å². The van der Waals surface area contributed by atoms with Crippen LogP contribution in [-0.4, -0.2) is 38.2 Å². The average molecular weight is 504 g/mol. The minimum atomic E-state index is 0. The molecule has 28 heavy (non-hydrogen) atoms.